The predicted molar refractivity (Wildman–Crippen MR) is 120 cm³/mol. The van der Waals surface area contributed by atoms with Crippen LogP contribution in [0.25, 0.3) is 11.1 Å². The first-order valence-corrected chi connectivity index (χ1v) is 10.9. The van der Waals surface area contributed by atoms with Crippen molar-refractivity contribution in [3.05, 3.63) is 84.4 Å². The molecule has 0 aliphatic carbocycles. The van der Waals surface area contributed by atoms with Gasteiger partial charge in [0.1, 0.15) is 5.75 Å². The standard InChI is InChI=1S/C24H28NO2P/c1-3-27-21-15-13-19(14-16-21)22-11-7-8-12-23(22)28-17-25-18(2)24(26)20-9-5-4-6-10-20/h4-16,18,24-26,28H,3,17H2,1-2H3/t18-,24?/m0/s1. The zero-order valence-electron chi connectivity index (χ0n) is 16.4. The number of ether oxygens (including phenoxy) is 1. The van der Waals surface area contributed by atoms with E-state index in [9.17, 15) is 5.11 Å². The van der Waals surface area contributed by atoms with Crippen LogP contribution in [0.15, 0.2) is 78.9 Å². The van der Waals surface area contributed by atoms with Gasteiger partial charge in [-0.05, 0) is 48.0 Å². The highest BCUT2D eigenvalue weighted by Crippen LogP contribution is 2.25. The van der Waals surface area contributed by atoms with Crippen LogP contribution in [0.4, 0.5) is 0 Å². The Morgan fingerprint density at radius 1 is 0.929 bits per heavy atom. The summed E-state index contributed by atoms with van der Waals surface area (Å²) in [7, 11) is 0.616. The molecule has 2 unspecified atom stereocenters. The lowest BCUT2D eigenvalue weighted by atomic mass is 10.0. The normalized spacial score (nSPS) is 13.5. The third kappa shape index (κ3) is 5.42. The van der Waals surface area contributed by atoms with Gasteiger partial charge in [0.15, 0.2) is 0 Å². The summed E-state index contributed by atoms with van der Waals surface area (Å²) in [6, 6.07) is 26.6. The van der Waals surface area contributed by atoms with Crippen molar-refractivity contribution in [1.82, 2.24) is 5.32 Å². The first-order chi connectivity index (χ1) is 13.7. The van der Waals surface area contributed by atoms with Crippen LogP contribution in [0.5, 0.6) is 5.75 Å². The van der Waals surface area contributed by atoms with E-state index < -0.39 is 6.10 Å². The maximum atomic E-state index is 10.5. The molecule has 0 spiro atoms. The number of benzene rings is 3. The highest BCUT2D eigenvalue weighted by molar-refractivity contribution is 7.47. The molecule has 3 aromatic carbocycles. The number of rotatable bonds is 9. The molecule has 0 saturated heterocycles. The topological polar surface area (TPSA) is 41.5 Å². The molecule has 2 N–H and O–H groups in total. The summed E-state index contributed by atoms with van der Waals surface area (Å²) in [5, 5.41) is 15.3. The highest BCUT2D eigenvalue weighted by Gasteiger charge is 2.15. The molecule has 3 nitrogen and oxygen atoms in total. The van der Waals surface area contributed by atoms with E-state index >= 15 is 0 Å². The predicted octanol–water partition coefficient (Wildman–Crippen LogP) is 4.73. The number of hydrogen-bond acceptors (Lipinski definition) is 3. The quantitative estimate of drug-likeness (QED) is 0.517. The van der Waals surface area contributed by atoms with Crippen LogP contribution >= 0.6 is 8.58 Å². The maximum absolute atomic E-state index is 10.5. The fraction of sp³-hybridized carbons (Fsp3) is 0.250. The van der Waals surface area contributed by atoms with Crippen molar-refractivity contribution in [1.29, 1.82) is 0 Å². The van der Waals surface area contributed by atoms with E-state index in [1.54, 1.807) is 0 Å². The summed E-state index contributed by atoms with van der Waals surface area (Å²) in [5.74, 6) is 0.900. The monoisotopic (exact) mass is 393 g/mol. The number of aliphatic hydroxyl groups excluding tert-OH is 1. The van der Waals surface area contributed by atoms with E-state index in [0.717, 1.165) is 17.6 Å². The fourth-order valence-electron chi connectivity index (χ4n) is 3.14. The first kappa shape index (κ1) is 20.5. The van der Waals surface area contributed by atoms with Gasteiger partial charge in [0.2, 0.25) is 0 Å². The fourth-order valence-corrected chi connectivity index (χ4v) is 4.39. The van der Waals surface area contributed by atoms with Crippen LogP contribution in [0.2, 0.25) is 0 Å². The Labute approximate surface area is 169 Å². The van der Waals surface area contributed by atoms with Crippen molar-refractivity contribution in [3.63, 3.8) is 0 Å². The van der Waals surface area contributed by atoms with Gasteiger partial charge in [0.25, 0.3) is 0 Å². The van der Waals surface area contributed by atoms with Crippen molar-refractivity contribution in [3.8, 4) is 16.9 Å². The van der Waals surface area contributed by atoms with Gasteiger partial charge >= 0.3 is 0 Å². The summed E-state index contributed by atoms with van der Waals surface area (Å²) >= 11 is 0. The average Bonchev–Trinajstić information content (AvgIpc) is 2.75. The van der Waals surface area contributed by atoms with Crippen molar-refractivity contribution < 1.29 is 9.84 Å². The van der Waals surface area contributed by atoms with Gasteiger partial charge in [-0.25, -0.2) is 0 Å². The molecule has 3 aromatic rings. The van der Waals surface area contributed by atoms with Gasteiger partial charge in [-0.1, -0.05) is 75.3 Å². The van der Waals surface area contributed by atoms with E-state index in [-0.39, 0.29) is 6.04 Å². The molecule has 0 heterocycles. The average molecular weight is 393 g/mol. The lowest BCUT2D eigenvalue weighted by Crippen LogP contribution is -2.32. The molecule has 0 aliphatic rings. The third-order valence-corrected chi connectivity index (χ3v) is 5.92. The van der Waals surface area contributed by atoms with Gasteiger partial charge in [0, 0.05) is 12.3 Å². The third-order valence-electron chi connectivity index (χ3n) is 4.72. The molecule has 3 rings (SSSR count). The van der Waals surface area contributed by atoms with Crippen LogP contribution in [0.1, 0.15) is 25.5 Å². The Bertz CT molecular complexity index is 852. The maximum Gasteiger partial charge on any atom is 0.119 e. The van der Waals surface area contributed by atoms with E-state index in [4.69, 9.17) is 4.74 Å². The molecular weight excluding hydrogens is 365 g/mol. The Hall–Kier alpha value is -2.19. The lowest BCUT2D eigenvalue weighted by molar-refractivity contribution is 0.139. The minimum Gasteiger partial charge on any atom is -0.494 e. The second-order valence-corrected chi connectivity index (χ2v) is 7.95. The molecule has 28 heavy (non-hydrogen) atoms. The largest absolute Gasteiger partial charge is 0.494 e. The van der Waals surface area contributed by atoms with Crippen LogP contribution in [0, 0.1) is 0 Å². The Morgan fingerprint density at radius 3 is 2.32 bits per heavy atom. The molecular formula is C24H28NO2P. The van der Waals surface area contributed by atoms with E-state index in [1.165, 1.54) is 16.4 Å². The minimum absolute atomic E-state index is 0.00691. The number of aliphatic hydroxyl groups is 1. The molecule has 0 aromatic heterocycles. The molecule has 0 aliphatic heterocycles. The van der Waals surface area contributed by atoms with Crippen LogP contribution in [-0.2, 0) is 0 Å². The lowest BCUT2D eigenvalue weighted by Gasteiger charge is -2.21. The smallest absolute Gasteiger partial charge is 0.119 e. The molecule has 0 bridgehead atoms. The Morgan fingerprint density at radius 2 is 1.61 bits per heavy atom. The molecule has 0 fully saturated rings. The summed E-state index contributed by atoms with van der Waals surface area (Å²) in [5.41, 5.74) is 3.39. The van der Waals surface area contributed by atoms with E-state index in [1.807, 2.05) is 56.3 Å². The second-order valence-electron chi connectivity index (χ2n) is 6.70. The van der Waals surface area contributed by atoms with Gasteiger partial charge in [-0.15, -0.1) is 0 Å². The summed E-state index contributed by atoms with van der Waals surface area (Å²) in [6.45, 7) is 4.70. The highest BCUT2D eigenvalue weighted by atomic mass is 31.1. The van der Waals surface area contributed by atoms with Crippen molar-refractivity contribution in [2.45, 2.75) is 26.0 Å². The first-order valence-electron chi connectivity index (χ1n) is 9.71. The van der Waals surface area contributed by atoms with Gasteiger partial charge in [0.05, 0.1) is 12.7 Å². The molecule has 3 atom stereocenters. The number of hydrogen-bond donors (Lipinski definition) is 2. The summed E-state index contributed by atoms with van der Waals surface area (Å²) in [4.78, 5) is 0. The summed E-state index contributed by atoms with van der Waals surface area (Å²) < 4.78 is 5.55. The van der Waals surface area contributed by atoms with Crippen molar-refractivity contribution in [2.75, 3.05) is 12.9 Å². The SMILES string of the molecule is CCOc1ccc(-c2ccccc2PCN[C@@H](C)C(O)c2ccccc2)cc1. The zero-order valence-corrected chi connectivity index (χ0v) is 17.4. The Kier molecular flexibility index (Phi) is 7.62. The number of nitrogens with one attached hydrogen (secondary N) is 1. The zero-order chi connectivity index (χ0) is 19.8. The minimum atomic E-state index is -0.507. The Balaban J connectivity index is 1.62. The van der Waals surface area contributed by atoms with Crippen molar-refractivity contribution in [2.24, 2.45) is 0 Å². The second kappa shape index (κ2) is 10.4. The van der Waals surface area contributed by atoms with Gasteiger partial charge in [-0.2, -0.15) is 0 Å². The molecule has 0 amide bonds. The molecule has 146 valence electrons. The van der Waals surface area contributed by atoms with Crippen LogP contribution in [-0.4, -0.2) is 24.0 Å². The summed E-state index contributed by atoms with van der Waals surface area (Å²) in [6.07, 6.45) is 0.325. The van der Waals surface area contributed by atoms with Gasteiger partial charge < -0.3 is 15.2 Å². The van der Waals surface area contributed by atoms with Gasteiger partial charge in [-0.3, -0.25) is 0 Å². The molecule has 0 radical (unpaired) electrons. The molecule has 0 saturated carbocycles. The van der Waals surface area contributed by atoms with E-state index in [0.29, 0.717) is 15.2 Å². The van der Waals surface area contributed by atoms with Crippen molar-refractivity contribution >= 4 is 13.9 Å². The van der Waals surface area contributed by atoms with E-state index in [2.05, 4.69) is 41.7 Å². The van der Waals surface area contributed by atoms with Crippen LogP contribution < -0.4 is 15.4 Å². The molecule has 4 heteroatoms. The van der Waals surface area contributed by atoms with Crippen LogP contribution in [0.3, 0.4) is 0 Å².